The molecular formula is C16H27BrIN5O2S. The van der Waals surface area contributed by atoms with E-state index in [1.165, 1.54) is 5.69 Å². The molecule has 1 aromatic carbocycles. The lowest BCUT2D eigenvalue weighted by Crippen LogP contribution is -2.45. The van der Waals surface area contributed by atoms with Crippen LogP contribution >= 0.6 is 39.9 Å². The molecule has 26 heavy (non-hydrogen) atoms. The SMILES string of the molecule is CN=C(NCCCNS(C)(=O)=O)NC1CCN(c2ccc(Br)cc2)C1.I. The number of benzene rings is 1. The van der Waals surface area contributed by atoms with E-state index in [4.69, 9.17) is 0 Å². The van der Waals surface area contributed by atoms with E-state index in [9.17, 15) is 8.42 Å². The maximum Gasteiger partial charge on any atom is 0.208 e. The van der Waals surface area contributed by atoms with Crippen molar-refractivity contribution in [2.75, 3.05) is 44.4 Å². The molecular weight excluding hydrogens is 533 g/mol. The number of anilines is 1. The Morgan fingerprint density at radius 1 is 1.31 bits per heavy atom. The molecule has 2 rings (SSSR count). The van der Waals surface area contributed by atoms with Gasteiger partial charge in [0.05, 0.1) is 6.26 Å². The van der Waals surface area contributed by atoms with E-state index in [1.54, 1.807) is 7.05 Å². The summed E-state index contributed by atoms with van der Waals surface area (Å²) in [6.07, 6.45) is 2.91. The molecule has 3 N–H and O–H groups in total. The minimum absolute atomic E-state index is 0. The molecule has 1 fully saturated rings. The minimum atomic E-state index is -3.12. The zero-order chi connectivity index (χ0) is 18.3. The van der Waals surface area contributed by atoms with Crippen molar-refractivity contribution >= 4 is 61.6 Å². The highest BCUT2D eigenvalue weighted by molar-refractivity contribution is 14.0. The van der Waals surface area contributed by atoms with Crippen LogP contribution in [0.15, 0.2) is 33.7 Å². The molecule has 1 atom stereocenters. The Balaban J connectivity index is 0.00000338. The maximum absolute atomic E-state index is 11.0. The van der Waals surface area contributed by atoms with Crippen LogP contribution in [0.2, 0.25) is 0 Å². The zero-order valence-corrected chi connectivity index (χ0v) is 19.8. The standard InChI is InChI=1S/C16H26BrN5O2S.HI/c1-18-16(19-9-3-10-20-25(2,23)24)21-14-8-11-22(12-14)15-6-4-13(17)5-7-15;/h4-7,14,20H,3,8-12H2,1-2H3,(H2,18,19,21);1H. The topological polar surface area (TPSA) is 85.8 Å². The van der Waals surface area contributed by atoms with Gasteiger partial charge in [0.2, 0.25) is 10.0 Å². The summed E-state index contributed by atoms with van der Waals surface area (Å²) in [7, 11) is -1.37. The van der Waals surface area contributed by atoms with Crippen LogP contribution in [0.25, 0.3) is 0 Å². The molecule has 0 amide bonds. The van der Waals surface area contributed by atoms with Gasteiger partial charge in [-0.3, -0.25) is 4.99 Å². The highest BCUT2D eigenvalue weighted by atomic mass is 127. The van der Waals surface area contributed by atoms with Crippen molar-refractivity contribution in [2.45, 2.75) is 18.9 Å². The Labute approximate surface area is 181 Å². The number of nitrogens with zero attached hydrogens (tertiary/aromatic N) is 2. The molecule has 0 radical (unpaired) electrons. The van der Waals surface area contributed by atoms with E-state index in [0.717, 1.165) is 36.2 Å². The van der Waals surface area contributed by atoms with Gasteiger partial charge in [0, 0.05) is 49.4 Å². The Morgan fingerprint density at radius 3 is 2.62 bits per heavy atom. The van der Waals surface area contributed by atoms with Gasteiger partial charge in [-0.25, -0.2) is 13.1 Å². The van der Waals surface area contributed by atoms with Crippen LogP contribution in [0, 0.1) is 0 Å². The number of sulfonamides is 1. The summed E-state index contributed by atoms with van der Waals surface area (Å²) in [5, 5.41) is 6.66. The van der Waals surface area contributed by atoms with E-state index in [0.29, 0.717) is 25.6 Å². The van der Waals surface area contributed by atoms with E-state index in [2.05, 4.69) is 65.4 Å². The van der Waals surface area contributed by atoms with E-state index < -0.39 is 10.0 Å². The van der Waals surface area contributed by atoms with Crippen LogP contribution in [0.1, 0.15) is 12.8 Å². The summed E-state index contributed by atoms with van der Waals surface area (Å²) in [6, 6.07) is 8.69. The first-order valence-corrected chi connectivity index (χ1v) is 11.0. The van der Waals surface area contributed by atoms with Crippen molar-refractivity contribution in [1.29, 1.82) is 0 Å². The molecule has 0 spiro atoms. The fourth-order valence-corrected chi connectivity index (χ4v) is 3.48. The monoisotopic (exact) mass is 559 g/mol. The van der Waals surface area contributed by atoms with E-state index >= 15 is 0 Å². The fourth-order valence-electron chi connectivity index (χ4n) is 2.71. The Bertz CT molecular complexity index is 684. The largest absolute Gasteiger partial charge is 0.369 e. The summed E-state index contributed by atoms with van der Waals surface area (Å²) in [5.41, 5.74) is 1.22. The van der Waals surface area contributed by atoms with Crippen LogP contribution in [-0.4, -0.2) is 59.9 Å². The van der Waals surface area contributed by atoms with Gasteiger partial charge in [-0.1, -0.05) is 15.9 Å². The van der Waals surface area contributed by atoms with Crippen LogP contribution in [0.5, 0.6) is 0 Å². The van der Waals surface area contributed by atoms with Gasteiger partial charge >= 0.3 is 0 Å². The molecule has 0 aliphatic carbocycles. The summed E-state index contributed by atoms with van der Waals surface area (Å²) in [4.78, 5) is 6.59. The first-order chi connectivity index (χ1) is 11.9. The third kappa shape index (κ3) is 8.40. The molecule has 1 aliphatic heterocycles. The molecule has 1 heterocycles. The lowest BCUT2D eigenvalue weighted by Gasteiger charge is -2.20. The lowest BCUT2D eigenvalue weighted by atomic mass is 10.2. The highest BCUT2D eigenvalue weighted by Crippen LogP contribution is 2.22. The normalized spacial score (nSPS) is 17.7. The number of aliphatic imine (C=N–C) groups is 1. The smallest absolute Gasteiger partial charge is 0.208 e. The third-order valence-corrected chi connectivity index (χ3v) is 5.21. The van der Waals surface area contributed by atoms with E-state index in [-0.39, 0.29) is 24.0 Å². The molecule has 10 heteroatoms. The lowest BCUT2D eigenvalue weighted by molar-refractivity contribution is 0.583. The second-order valence-electron chi connectivity index (χ2n) is 6.07. The van der Waals surface area contributed by atoms with Gasteiger partial charge in [0.1, 0.15) is 0 Å². The number of halogens is 2. The van der Waals surface area contributed by atoms with Gasteiger partial charge in [0.15, 0.2) is 5.96 Å². The Morgan fingerprint density at radius 2 is 2.00 bits per heavy atom. The fraction of sp³-hybridized carbons (Fsp3) is 0.562. The molecule has 0 saturated carbocycles. The van der Waals surface area contributed by atoms with Crippen molar-refractivity contribution in [3.05, 3.63) is 28.7 Å². The molecule has 7 nitrogen and oxygen atoms in total. The second kappa shape index (κ2) is 11.3. The molecule has 1 unspecified atom stereocenters. The summed E-state index contributed by atoms with van der Waals surface area (Å²) in [5.74, 6) is 0.752. The first-order valence-electron chi connectivity index (χ1n) is 8.30. The van der Waals surface area contributed by atoms with Gasteiger partial charge in [-0.05, 0) is 37.1 Å². The molecule has 0 bridgehead atoms. The van der Waals surface area contributed by atoms with E-state index in [1.807, 2.05) is 0 Å². The molecule has 1 saturated heterocycles. The van der Waals surface area contributed by atoms with Crippen LogP contribution in [0.3, 0.4) is 0 Å². The van der Waals surface area contributed by atoms with Gasteiger partial charge in [0.25, 0.3) is 0 Å². The third-order valence-electron chi connectivity index (χ3n) is 3.95. The second-order valence-corrected chi connectivity index (χ2v) is 8.82. The summed E-state index contributed by atoms with van der Waals surface area (Å²) in [6.45, 7) is 3.02. The molecule has 148 valence electrons. The van der Waals surface area contributed by atoms with Crippen molar-refractivity contribution in [3.8, 4) is 0 Å². The van der Waals surface area contributed by atoms with Gasteiger partial charge < -0.3 is 15.5 Å². The maximum atomic E-state index is 11.0. The first kappa shape index (κ1) is 23.4. The molecule has 0 aromatic heterocycles. The van der Waals surface area contributed by atoms with Crippen LogP contribution in [0.4, 0.5) is 5.69 Å². The minimum Gasteiger partial charge on any atom is -0.369 e. The predicted molar refractivity (Wildman–Crippen MR) is 122 cm³/mol. The highest BCUT2D eigenvalue weighted by Gasteiger charge is 2.23. The number of hydrogen-bond acceptors (Lipinski definition) is 4. The van der Waals surface area contributed by atoms with Crippen LogP contribution in [-0.2, 0) is 10.0 Å². The van der Waals surface area contributed by atoms with Crippen molar-refractivity contribution in [2.24, 2.45) is 4.99 Å². The summed E-state index contributed by atoms with van der Waals surface area (Å²) >= 11 is 3.46. The number of nitrogens with one attached hydrogen (secondary N) is 3. The number of hydrogen-bond donors (Lipinski definition) is 3. The number of rotatable bonds is 7. The van der Waals surface area contributed by atoms with Crippen molar-refractivity contribution in [3.63, 3.8) is 0 Å². The van der Waals surface area contributed by atoms with Gasteiger partial charge in [-0.2, -0.15) is 0 Å². The summed E-state index contributed by atoms with van der Waals surface area (Å²) < 4.78 is 25.6. The Kier molecular flexibility index (Phi) is 10.2. The average Bonchev–Trinajstić information content (AvgIpc) is 3.01. The predicted octanol–water partition coefficient (Wildman–Crippen LogP) is 1.75. The average molecular weight is 560 g/mol. The Hall–Kier alpha value is -0.590. The molecule has 1 aliphatic rings. The van der Waals surface area contributed by atoms with Crippen LogP contribution < -0.4 is 20.3 Å². The van der Waals surface area contributed by atoms with Gasteiger partial charge in [-0.15, -0.1) is 24.0 Å². The number of guanidine groups is 1. The zero-order valence-electron chi connectivity index (χ0n) is 15.0. The van der Waals surface area contributed by atoms with Crippen molar-refractivity contribution in [1.82, 2.24) is 15.4 Å². The quantitative estimate of drug-likeness (QED) is 0.205. The van der Waals surface area contributed by atoms with Crippen molar-refractivity contribution < 1.29 is 8.42 Å². The molecule has 1 aromatic rings.